The van der Waals surface area contributed by atoms with Gasteiger partial charge in [-0.1, -0.05) is 29.3 Å². The van der Waals surface area contributed by atoms with Gasteiger partial charge in [-0.25, -0.2) is 8.42 Å². The molecule has 0 atom stereocenters. The molecule has 0 saturated carbocycles. The summed E-state index contributed by atoms with van der Waals surface area (Å²) in [7, 11) is -3.52. The minimum Gasteiger partial charge on any atom is -0.293 e. The van der Waals surface area contributed by atoms with E-state index >= 15 is 0 Å². The van der Waals surface area contributed by atoms with Gasteiger partial charge in [0.15, 0.2) is 5.82 Å². The largest absolute Gasteiger partial charge is 0.293 e. The van der Waals surface area contributed by atoms with Gasteiger partial charge in [-0.3, -0.25) is 4.90 Å². The van der Waals surface area contributed by atoms with Gasteiger partial charge in [0.05, 0.1) is 17.1 Å². The summed E-state index contributed by atoms with van der Waals surface area (Å²) >= 11 is 5.87. The smallest absolute Gasteiger partial charge is 0.243 e. The first-order valence-electron chi connectivity index (χ1n) is 9.26. The molecule has 3 aromatic rings. The van der Waals surface area contributed by atoms with Gasteiger partial charge >= 0.3 is 0 Å². The van der Waals surface area contributed by atoms with Crippen LogP contribution in [0.2, 0.25) is 5.02 Å². The number of rotatable bonds is 5. The number of aromatic nitrogens is 4. The van der Waals surface area contributed by atoms with E-state index in [1.807, 2.05) is 31.2 Å². The third kappa shape index (κ3) is 4.32. The topological polar surface area (TPSA) is 84.2 Å². The molecule has 1 saturated heterocycles. The van der Waals surface area contributed by atoms with Gasteiger partial charge in [0.2, 0.25) is 10.0 Å². The number of hydrogen-bond donors (Lipinski definition) is 0. The molecule has 1 fully saturated rings. The van der Waals surface area contributed by atoms with E-state index in [0.29, 0.717) is 37.7 Å². The van der Waals surface area contributed by atoms with Gasteiger partial charge < -0.3 is 0 Å². The minimum absolute atomic E-state index is 0.263. The van der Waals surface area contributed by atoms with E-state index in [9.17, 15) is 8.42 Å². The number of nitrogens with zero attached hydrogens (tertiary/aromatic N) is 6. The highest BCUT2D eigenvalue weighted by molar-refractivity contribution is 7.89. The summed E-state index contributed by atoms with van der Waals surface area (Å²) in [6.07, 6.45) is 0. The van der Waals surface area contributed by atoms with Gasteiger partial charge in [0, 0.05) is 31.2 Å². The van der Waals surface area contributed by atoms with Crippen molar-refractivity contribution >= 4 is 21.6 Å². The molecule has 0 radical (unpaired) electrons. The fraction of sp³-hybridized carbons (Fsp3) is 0.316. The molecule has 0 amide bonds. The van der Waals surface area contributed by atoms with E-state index < -0.39 is 10.0 Å². The van der Waals surface area contributed by atoms with Crippen LogP contribution in [0.4, 0.5) is 0 Å². The maximum atomic E-state index is 12.8. The zero-order valence-electron chi connectivity index (χ0n) is 15.9. The first-order chi connectivity index (χ1) is 13.9. The first kappa shape index (κ1) is 20.0. The monoisotopic (exact) mass is 432 g/mol. The summed E-state index contributed by atoms with van der Waals surface area (Å²) in [4.78, 5) is 2.42. The highest BCUT2D eigenvalue weighted by Gasteiger charge is 2.29. The summed E-state index contributed by atoms with van der Waals surface area (Å²) in [6.45, 7) is 4.62. The van der Waals surface area contributed by atoms with E-state index in [1.54, 1.807) is 28.9 Å². The van der Waals surface area contributed by atoms with E-state index in [1.165, 1.54) is 9.87 Å². The predicted molar refractivity (Wildman–Crippen MR) is 109 cm³/mol. The maximum Gasteiger partial charge on any atom is 0.243 e. The highest BCUT2D eigenvalue weighted by atomic mass is 35.5. The Morgan fingerprint density at radius 2 is 1.62 bits per heavy atom. The molecule has 10 heteroatoms. The lowest BCUT2D eigenvalue weighted by Gasteiger charge is -2.33. The lowest BCUT2D eigenvalue weighted by atomic mass is 10.2. The molecule has 1 aromatic heterocycles. The molecule has 29 heavy (non-hydrogen) atoms. The van der Waals surface area contributed by atoms with Crippen LogP contribution in [-0.2, 0) is 16.6 Å². The van der Waals surface area contributed by atoms with Crippen molar-refractivity contribution in [2.45, 2.75) is 18.4 Å². The molecule has 1 aliphatic heterocycles. The predicted octanol–water partition coefficient (Wildman–Crippen LogP) is 2.13. The van der Waals surface area contributed by atoms with Crippen molar-refractivity contribution in [2.24, 2.45) is 0 Å². The minimum atomic E-state index is -3.52. The second kappa shape index (κ2) is 8.19. The van der Waals surface area contributed by atoms with Crippen molar-refractivity contribution in [3.8, 4) is 5.69 Å². The molecule has 152 valence electrons. The Labute approximate surface area is 174 Å². The second-order valence-electron chi connectivity index (χ2n) is 6.98. The Morgan fingerprint density at radius 3 is 2.28 bits per heavy atom. The highest BCUT2D eigenvalue weighted by Crippen LogP contribution is 2.20. The van der Waals surface area contributed by atoms with Crippen LogP contribution >= 0.6 is 11.6 Å². The Morgan fingerprint density at radius 1 is 0.966 bits per heavy atom. The van der Waals surface area contributed by atoms with Crippen molar-refractivity contribution < 1.29 is 8.42 Å². The summed E-state index contributed by atoms with van der Waals surface area (Å²) in [5.74, 6) is 0.725. The summed E-state index contributed by atoms with van der Waals surface area (Å²) in [5.41, 5.74) is 2.07. The van der Waals surface area contributed by atoms with Gasteiger partial charge in [-0.2, -0.15) is 8.99 Å². The summed E-state index contributed by atoms with van der Waals surface area (Å²) in [5, 5.41) is 12.6. The Balaban J connectivity index is 1.42. The Hall–Kier alpha value is -2.33. The molecule has 1 aliphatic rings. The van der Waals surface area contributed by atoms with E-state index in [0.717, 1.165) is 11.5 Å². The van der Waals surface area contributed by atoms with Crippen LogP contribution in [0, 0.1) is 6.92 Å². The van der Waals surface area contributed by atoms with E-state index in [2.05, 4.69) is 20.4 Å². The van der Waals surface area contributed by atoms with Gasteiger partial charge in [0.1, 0.15) is 0 Å². The molecule has 2 aromatic carbocycles. The SMILES string of the molecule is Cc1ccc(-n2nnnc2CN2CCN(S(=O)(=O)c3ccc(Cl)cc3)CC2)cc1. The molecule has 0 N–H and O–H groups in total. The quantitative estimate of drug-likeness (QED) is 0.614. The third-order valence-electron chi connectivity index (χ3n) is 4.96. The first-order valence-corrected chi connectivity index (χ1v) is 11.1. The number of halogens is 1. The molecule has 2 heterocycles. The number of aryl methyl sites for hydroxylation is 1. The number of tetrazole rings is 1. The van der Waals surface area contributed by atoms with Gasteiger partial charge in [-0.15, -0.1) is 5.10 Å². The van der Waals surface area contributed by atoms with Crippen molar-refractivity contribution in [3.63, 3.8) is 0 Å². The average molecular weight is 433 g/mol. The molecule has 8 nitrogen and oxygen atoms in total. The summed E-state index contributed by atoms with van der Waals surface area (Å²) < 4.78 is 28.9. The maximum absolute atomic E-state index is 12.8. The van der Waals surface area contributed by atoms with Crippen LogP contribution in [0.1, 0.15) is 11.4 Å². The average Bonchev–Trinajstić information content (AvgIpc) is 3.17. The van der Waals surface area contributed by atoms with Crippen LogP contribution < -0.4 is 0 Å². The van der Waals surface area contributed by atoms with Gasteiger partial charge in [0.25, 0.3) is 0 Å². The van der Waals surface area contributed by atoms with Crippen LogP contribution in [0.15, 0.2) is 53.4 Å². The van der Waals surface area contributed by atoms with Crippen LogP contribution in [0.25, 0.3) is 5.69 Å². The Bertz CT molecular complexity index is 1070. The van der Waals surface area contributed by atoms with Crippen LogP contribution in [-0.4, -0.2) is 64.0 Å². The lowest BCUT2D eigenvalue weighted by Crippen LogP contribution is -2.48. The fourth-order valence-electron chi connectivity index (χ4n) is 3.27. The fourth-order valence-corrected chi connectivity index (χ4v) is 4.82. The molecular formula is C19H21ClN6O2S. The van der Waals surface area contributed by atoms with Crippen LogP contribution in [0.5, 0.6) is 0 Å². The van der Waals surface area contributed by atoms with E-state index in [4.69, 9.17) is 11.6 Å². The third-order valence-corrected chi connectivity index (χ3v) is 7.13. The van der Waals surface area contributed by atoms with Gasteiger partial charge in [-0.05, 0) is 53.7 Å². The molecule has 4 rings (SSSR count). The van der Waals surface area contributed by atoms with Crippen molar-refractivity contribution in [1.29, 1.82) is 0 Å². The second-order valence-corrected chi connectivity index (χ2v) is 9.35. The number of benzene rings is 2. The molecule has 0 spiro atoms. The molecule has 0 aliphatic carbocycles. The van der Waals surface area contributed by atoms with Crippen LogP contribution in [0.3, 0.4) is 0 Å². The number of piperazine rings is 1. The zero-order chi connectivity index (χ0) is 20.4. The van der Waals surface area contributed by atoms with Crippen molar-refractivity contribution in [3.05, 3.63) is 64.9 Å². The summed E-state index contributed by atoms with van der Waals surface area (Å²) in [6, 6.07) is 14.3. The molecular weight excluding hydrogens is 412 g/mol. The number of hydrogen-bond acceptors (Lipinski definition) is 6. The molecule has 0 bridgehead atoms. The Kier molecular flexibility index (Phi) is 5.64. The standard InChI is InChI=1S/C19H21ClN6O2S/c1-15-2-6-17(7-3-15)26-19(21-22-23-26)14-24-10-12-25(13-11-24)29(27,28)18-8-4-16(20)5-9-18/h2-9H,10-14H2,1H3. The normalized spacial score (nSPS) is 16.2. The zero-order valence-corrected chi connectivity index (χ0v) is 17.5. The van der Waals surface area contributed by atoms with Crippen molar-refractivity contribution in [1.82, 2.24) is 29.4 Å². The number of sulfonamides is 1. The van der Waals surface area contributed by atoms with Crippen molar-refractivity contribution in [2.75, 3.05) is 26.2 Å². The lowest BCUT2D eigenvalue weighted by molar-refractivity contribution is 0.177. The van der Waals surface area contributed by atoms with E-state index in [-0.39, 0.29) is 4.90 Å². The molecule has 0 unspecified atom stereocenters.